The van der Waals surface area contributed by atoms with E-state index in [9.17, 15) is 5.11 Å². The topological polar surface area (TPSA) is 38.3 Å². The molecule has 1 aliphatic heterocycles. The normalized spacial score (nSPS) is 24.4. The number of benzene rings is 1. The van der Waals surface area contributed by atoms with E-state index in [2.05, 4.69) is 27.0 Å². The molecule has 1 aromatic rings. The van der Waals surface area contributed by atoms with Gasteiger partial charge in [-0.05, 0) is 37.1 Å². The molecule has 0 aromatic heterocycles. The first kappa shape index (κ1) is 15.3. The number of hydrogen-bond donors (Lipinski definition) is 3. The summed E-state index contributed by atoms with van der Waals surface area (Å²) in [4.78, 5) is 3.09. The first-order valence-electron chi connectivity index (χ1n) is 7.57. The van der Waals surface area contributed by atoms with Crippen molar-refractivity contribution in [2.45, 2.75) is 20.0 Å². The molecule has 0 amide bonds. The van der Waals surface area contributed by atoms with E-state index in [-0.39, 0.29) is 6.10 Å². The Morgan fingerprint density at radius 2 is 1.70 bits per heavy atom. The lowest BCUT2D eigenvalue weighted by molar-refractivity contribution is -1.00. The van der Waals surface area contributed by atoms with E-state index in [0.717, 1.165) is 25.4 Å². The second-order valence-corrected chi connectivity index (χ2v) is 6.20. The van der Waals surface area contributed by atoms with Crippen LogP contribution in [0, 0.1) is 13.8 Å². The van der Waals surface area contributed by atoms with Gasteiger partial charge in [-0.25, -0.2) is 0 Å². The molecule has 20 heavy (non-hydrogen) atoms. The summed E-state index contributed by atoms with van der Waals surface area (Å²) in [6.45, 7) is 9.98. The second-order valence-electron chi connectivity index (χ2n) is 6.20. The smallest absolute Gasteiger partial charge is 0.137 e. The fourth-order valence-electron chi connectivity index (χ4n) is 2.84. The molecule has 0 bridgehead atoms. The van der Waals surface area contributed by atoms with Gasteiger partial charge in [-0.3, -0.25) is 0 Å². The molecule has 2 rings (SSSR count). The molecule has 0 aliphatic carbocycles. The highest BCUT2D eigenvalue weighted by Crippen LogP contribution is 2.16. The van der Waals surface area contributed by atoms with Crippen LogP contribution in [0.25, 0.3) is 0 Å². The molecule has 0 spiro atoms. The van der Waals surface area contributed by atoms with Crippen LogP contribution < -0.4 is 14.5 Å². The highest BCUT2D eigenvalue weighted by atomic mass is 16.5. The van der Waals surface area contributed by atoms with Crippen molar-refractivity contribution in [1.82, 2.24) is 0 Å². The number of ether oxygens (including phenoxy) is 1. The Balaban J connectivity index is 1.75. The lowest BCUT2D eigenvalue weighted by Crippen LogP contribution is -3.27. The monoisotopic (exact) mass is 280 g/mol. The number of quaternary nitrogens is 2. The third kappa shape index (κ3) is 4.78. The van der Waals surface area contributed by atoms with Crippen LogP contribution in [0.1, 0.15) is 11.1 Å². The fraction of sp³-hybridized carbons (Fsp3) is 0.625. The fourth-order valence-corrected chi connectivity index (χ4v) is 2.84. The number of rotatable bonds is 5. The molecule has 1 aromatic carbocycles. The number of nitrogens with one attached hydrogen (secondary N) is 2. The number of aliphatic hydroxyl groups excluding tert-OH is 1. The highest BCUT2D eigenvalue weighted by Gasteiger charge is 2.22. The van der Waals surface area contributed by atoms with Gasteiger partial charge in [0, 0.05) is 0 Å². The molecular formula is C16H28N2O2+2. The molecule has 1 atom stereocenters. The molecule has 1 saturated heterocycles. The van der Waals surface area contributed by atoms with Gasteiger partial charge >= 0.3 is 0 Å². The Morgan fingerprint density at radius 3 is 2.30 bits per heavy atom. The SMILES string of the molecule is Cc1cc(C)cc(OCC(O)C[NH+]2CC[NH+](C)CC2)c1. The number of aliphatic hydroxyl groups is 1. The standard InChI is InChI=1S/C16H26N2O2/c1-13-8-14(2)10-16(9-13)20-12-15(19)11-18-6-4-17(3)5-7-18/h8-10,15,19H,4-7,11-12H2,1-3H3/p+2. The van der Waals surface area contributed by atoms with Crippen molar-refractivity contribution in [2.75, 3.05) is 46.4 Å². The van der Waals surface area contributed by atoms with E-state index >= 15 is 0 Å². The van der Waals surface area contributed by atoms with E-state index in [0.29, 0.717) is 6.61 Å². The van der Waals surface area contributed by atoms with Crippen LogP contribution >= 0.6 is 0 Å². The van der Waals surface area contributed by atoms with Gasteiger partial charge in [-0.15, -0.1) is 0 Å². The van der Waals surface area contributed by atoms with Gasteiger partial charge in [0.05, 0.1) is 7.05 Å². The minimum Gasteiger partial charge on any atom is -0.491 e. The molecule has 3 N–H and O–H groups in total. The summed E-state index contributed by atoms with van der Waals surface area (Å²) in [5.74, 6) is 0.861. The molecule has 1 unspecified atom stereocenters. The Morgan fingerprint density at radius 1 is 1.10 bits per heavy atom. The van der Waals surface area contributed by atoms with Crippen molar-refractivity contribution in [2.24, 2.45) is 0 Å². The summed E-state index contributed by atoms with van der Waals surface area (Å²) >= 11 is 0. The first-order chi connectivity index (χ1) is 9.52. The number of piperazine rings is 1. The zero-order valence-corrected chi connectivity index (χ0v) is 12.9. The largest absolute Gasteiger partial charge is 0.491 e. The van der Waals surface area contributed by atoms with Gasteiger partial charge in [-0.1, -0.05) is 6.07 Å². The quantitative estimate of drug-likeness (QED) is 0.611. The lowest BCUT2D eigenvalue weighted by atomic mass is 10.1. The number of hydrogen-bond acceptors (Lipinski definition) is 2. The Hall–Kier alpha value is -1.10. The second kappa shape index (κ2) is 7.07. The summed E-state index contributed by atoms with van der Waals surface area (Å²) in [7, 11) is 2.23. The molecule has 1 heterocycles. The maximum absolute atomic E-state index is 10.1. The summed E-state index contributed by atoms with van der Waals surface area (Å²) < 4.78 is 5.72. The minimum absolute atomic E-state index is 0.384. The van der Waals surface area contributed by atoms with Crippen LogP contribution in [0.5, 0.6) is 5.75 Å². The van der Waals surface area contributed by atoms with E-state index in [1.54, 1.807) is 4.90 Å². The Labute approximate surface area is 122 Å². The van der Waals surface area contributed by atoms with Crippen molar-refractivity contribution in [3.05, 3.63) is 29.3 Å². The maximum Gasteiger partial charge on any atom is 0.137 e. The summed E-state index contributed by atoms with van der Waals surface area (Å²) in [5.41, 5.74) is 2.39. The van der Waals surface area contributed by atoms with E-state index in [1.165, 1.54) is 29.1 Å². The van der Waals surface area contributed by atoms with Crippen molar-refractivity contribution in [3.8, 4) is 5.75 Å². The van der Waals surface area contributed by atoms with Crippen molar-refractivity contribution in [1.29, 1.82) is 0 Å². The van der Waals surface area contributed by atoms with Gasteiger partial charge < -0.3 is 19.6 Å². The first-order valence-corrected chi connectivity index (χ1v) is 7.57. The van der Waals surface area contributed by atoms with Gasteiger partial charge in [0.2, 0.25) is 0 Å². The number of aryl methyl sites for hydroxylation is 2. The van der Waals surface area contributed by atoms with Crippen LogP contribution in [-0.2, 0) is 0 Å². The van der Waals surface area contributed by atoms with E-state index in [4.69, 9.17) is 4.74 Å². The molecule has 4 heteroatoms. The van der Waals surface area contributed by atoms with Crippen molar-refractivity contribution < 1.29 is 19.6 Å². The minimum atomic E-state index is -0.385. The molecule has 4 nitrogen and oxygen atoms in total. The molecular weight excluding hydrogens is 252 g/mol. The molecule has 1 aliphatic rings. The third-order valence-electron chi connectivity index (χ3n) is 3.97. The van der Waals surface area contributed by atoms with Gasteiger partial charge in [-0.2, -0.15) is 0 Å². The van der Waals surface area contributed by atoms with E-state index < -0.39 is 0 Å². The van der Waals surface area contributed by atoms with Crippen LogP contribution in [0.2, 0.25) is 0 Å². The van der Waals surface area contributed by atoms with Crippen LogP contribution in [-0.4, -0.2) is 57.6 Å². The van der Waals surface area contributed by atoms with Crippen molar-refractivity contribution in [3.63, 3.8) is 0 Å². The molecule has 1 fully saturated rings. The highest BCUT2D eigenvalue weighted by molar-refractivity contribution is 5.32. The van der Waals surface area contributed by atoms with Gasteiger partial charge in [0.25, 0.3) is 0 Å². The Bertz CT molecular complexity index is 408. The Kier molecular flexibility index (Phi) is 5.40. The van der Waals surface area contributed by atoms with Crippen molar-refractivity contribution >= 4 is 0 Å². The van der Waals surface area contributed by atoms with Crippen LogP contribution in [0.3, 0.4) is 0 Å². The van der Waals surface area contributed by atoms with Crippen LogP contribution in [0.4, 0.5) is 0 Å². The zero-order valence-electron chi connectivity index (χ0n) is 12.9. The summed E-state index contributed by atoms with van der Waals surface area (Å²) in [6, 6.07) is 6.16. The average molecular weight is 280 g/mol. The maximum atomic E-state index is 10.1. The lowest BCUT2D eigenvalue weighted by Gasteiger charge is -2.28. The number of likely N-dealkylation sites (N-methyl/N-ethyl adjacent to an activating group) is 1. The van der Waals surface area contributed by atoms with E-state index in [1.807, 2.05) is 12.1 Å². The molecule has 0 radical (unpaired) electrons. The average Bonchev–Trinajstić information content (AvgIpc) is 2.38. The molecule has 0 saturated carbocycles. The van der Waals surface area contributed by atoms with Crippen LogP contribution in [0.15, 0.2) is 18.2 Å². The predicted octanol–water partition coefficient (Wildman–Crippen LogP) is -1.54. The zero-order chi connectivity index (χ0) is 14.5. The predicted molar refractivity (Wildman–Crippen MR) is 79.6 cm³/mol. The summed E-state index contributed by atoms with van der Waals surface area (Å²) in [6.07, 6.45) is -0.385. The van der Waals surface area contributed by atoms with Gasteiger partial charge in [0.15, 0.2) is 0 Å². The third-order valence-corrected chi connectivity index (χ3v) is 3.97. The van der Waals surface area contributed by atoms with Gasteiger partial charge in [0.1, 0.15) is 51.2 Å². The summed E-state index contributed by atoms with van der Waals surface area (Å²) in [5, 5.41) is 10.1. The molecule has 112 valence electrons.